The summed E-state index contributed by atoms with van der Waals surface area (Å²) in [6.07, 6.45) is 3.28. The zero-order chi connectivity index (χ0) is 5.98. The van der Waals surface area contributed by atoms with Crippen LogP contribution in [-0.2, 0) is 4.79 Å². The van der Waals surface area contributed by atoms with Gasteiger partial charge in [-0.25, -0.2) is 0 Å². The van der Waals surface area contributed by atoms with Crippen molar-refractivity contribution in [2.24, 2.45) is 0 Å². The maximum absolute atomic E-state index is 10.7. The van der Waals surface area contributed by atoms with E-state index in [9.17, 15) is 4.79 Å². The molecule has 0 aromatic rings. The van der Waals surface area contributed by atoms with E-state index in [0.29, 0.717) is 6.42 Å². The lowest BCUT2D eigenvalue weighted by Crippen LogP contribution is -2.16. The summed E-state index contributed by atoms with van der Waals surface area (Å²) in [5.41, 5.74) is 0. The Morgan fingerprint density at radius 2 is 2.33 bits per heavy atom. The summed E-state index contributed by atoms with van der Waals surface area (Å²) in [4.78, 5) is 12.3. The average molecular weight is 122 g/mol. The SMILES string of the molecule is C=CN1CCCC1=O.[B]. The van der Waals surface area contributed by atoms with Gasteiger partial charge in [-0.2, -0.15) is 0 Å². The van der Waals surface area contributed by atoms with Crippen LogP contribution in [-0.4, -0.2) is 25.8 Å². The van der Waals surface area contributed by atoms with Crippen molar-refractivity contribution < 1.29 is 4.79 Å². The van der Waals surface area contributed by atoms with Gasteiger partial charge in [-0.05, 0) is 12.6 Å². The predicted octanol–water partition coefficient (Wildman–Crippen LogP) is 0.371. The molecule has 0 aliphatic carbocycles. The molecule has 1 fully saturated rings. The molecule has 1 rings (SSSR count). The molecule has 0 N–H and O–H groups in total. The van der Waals surface area contributed by atoms with Gasteiger partial charge in [0.15, 0.2) is 0 Å². The van der Waals surface area contributed by atoms with Crippen LogP contribution in [0.2, 0.25) is 0 Å². The van der Waals surface area contributed by atoms with Gasteiger partial charge >= 0.3 is 0 Å². The fourth-order valence-electron chi connectivity index (χ4n) is 0.862. The first-order valence-electron chi connectivity index (χ1n) is 2.76. The van der Waals surface area contributed by atoms with E-state index >= 15 is 0 Å². The first kappa shape index (κ1) is 8.27. The number of amides is 1. The van der Waals surface area contributed by atoms with Crippen molar-refractivity contribution in [3.05, 3.63) is 12.8 Å². The number of rotatable bonds is 1. The molecule has 0 saturated carbocycles. The topological polar surface area (TPSA) is 20.3 Å². The van der Waals surface area contributed by atoms with Crippen molar-refractivity contribution >= 4 is 14.3 Å². The Kier molecular flexibility index (Phi) is 3.06. The van der Waals surface area contributed by atoms with Crippen LogP contribution in [0.1, 0.15) is 12.8 Å². The molecular formula is C6H9BNO. The van der Waals surface area contributed by atoms with E-state index in [1.807, 2.05) is 0 Å². The third-order valence-electron chi connectivity index (χ3n) is 1.33. The zero-order valence-electron chi connectivity index (χ0n) is 5.34. The largest absolute Gasteiger partial charge is 0.320 e. The summed E-state index contributed by atoms with van der Waals surface area (Å²) in [7, 11) is 0. The lowest BCUT2D eigenvalue weighted by Gasteiger charge is -2.05. The standard InChI is InChI=1S/C6H9NO.B/c1-2-7-5-3-4-6(7)8;/h2H,1,3-5H2;. The Balaban J connectivity index is 0.000000640. The molecule has 0 aromatic carbocycles. The Morgan fingerprint density at radius 3 is 2.56 bits per heavy atom. The Labute approximate surface area is 57.1 Å². The minimum atomic E-state index is 0. The van der Waals surface area contributed by atoms with Crippen LogP contribution < -0.4 is 0 Å². The molecule has 0 aromatic heterocycles. The average Bonchev–Trinajstić information content (AvgIpc) is 2.14. The first-order valence-corrected chi connectivity index (χ1v) is 2.76. The van der Waals surface area contributed by atoms with Crippen LogP contribution in [0, 0.1) is 0 Å². The molecule has 0 atom stereocenters. The summed E-state index contributed by atoms with van der Waals surface area (Å²) >= 11 is 0. The van der Waals surface area contributed by atoms with Crippen LogP contribution in [0.5, 0.6) is 0 Å². The highest BCUT2D eigenvalue weighted by molar-refractivity contribution is 5.78. The molecule has 0 bridgehead atoms. The van der Waals surface area contributed by atoms with E-state index in [1.165, 1.54) is 0 Å². The second kappa shape index (κ2) is 3.33. The minimum absolute atomic E-state index is 0. The summed E-state index contributed by atoms with van der Waals surface area (Å²) in [5.74, 6) is 0.208. The number of carbonyl (C=O) groups is 1. The van der Waals surface area contributed by atoms with Crippen molar-refractivity contribution in [2.75, 3.05) is 6.54 Å². The van der Waals surface area contributed by atoms with Gasteiger partial charge in [-0.3, -0.25) is 4.79 Å². The third-order valence-corrected chi connectivity index (χ3v) is 1.33. The molecule has 1 aliphatic heterocycles. The van der Waals surface area contributed by atoms with E-state index in [4.69, 9.17) is 0 Å². The lowest BCUT2D eigenvalue weighted by atomic mass is 10.4. The van der Waals surface area contributed by atoms with Gasteiger partial charge in [-0.15, -0.1) is 0 Å². The smallest absolute Gasteiger partial charge is 0.226 e. The lowest BCUT2D eigenvalue weighted by molar-refractivity contribution is -0.125. The van der Waals surface area contributed by atoms with E-state index in [-0.39, 0.29) is 14.3 Å². The molecule has 1 saturated heterocycles. The van der Waals surface area contributed by atoms with Crippen LogP contribution in [0.3, 0.4) is 0 Å². The number of carbonyl (C=O) groups excluding carboxylic acids is 1. The highest BCUT2D eigenvalue weighted by Gasteiger charge is 2.15. The van der Waals surface area contributed by atoms with Crippen molar-refractivity contribution in [3.63, 3.8) is 0 Å². The summed E-state index contributed by atoms with van der Waals surface area (Å²) in [6, 6.07) is 0. The van der Waals surface area contributed by atoms with Crippen molar-refractivity contribution in [1.29, 1.82) is 0 Å². The van der Waals surface area contributed by atoms with Gasteiger partial charge in [0.2, 0.25) is 5.91 Å². The number of likely N-dealkylation sites (tertiary alicyclic amines) is 1. The van der Waals surface area contributed by atoms with Gasteiger partial charge in [0, 0.05) is 21.4 Å². The summed E-state index contributed by atoms with van der Waals surface area (Å²) in [6.45, 7) is 4.36. The zero-order valence-corrected chi connectivity index (χ0v) is 5.34. The third kappa shape index (κ3) is 1.59. The van der Waals surface area contributed by atoms with Gasteiger partial charge in [0.1, 0.15) is 0 Å². The molecular weight excluding hydrogens is 113 g/mol. The maximum Gasteiger partial charge on any atom is 0.226 e. The van der Waals surface area contributed by atoms with Crippen LogP contribution in [0.25, 0.3) is 0 Å². The Bertz CT molecular complexity index is 124. The highest BCUT2D eigenvalue weighted by Crippen LogP contribution is 2.08. The van der Waals surface area contributed by atoms with E-state index in [2.05, 4.69) is 6.58 Å². The summed E-state index contributed by atoms with van der Waals surface area (Å²) < 4.78 is 0. The number of hydrogen-bond acceptors (Lipinski definition) is 1. The second-order valence-electron chi connectivity index (χ2n) is 1.87. The molecule has 2 nitrogen and oxygen atoms in total. The Hall–Kier alpha value is -0.725. The van der Waals surface area contributed by atoms with Gasteiger partial charge in [0.05, 0.1) is 0 Å². The molecule has 9 heavy (non-hydrogen) atoms. The minimum Gasteiger partial charge on any atom is -0.320 e. The predicted molar refractivity (Wildman–Crippen MR) is 36.9 cm³/mol. The van der Waals surface area contributed by atoms with Crippen molar-refractivity contribution in [2.45, 2.75) is 12.8 Å². The fourth-order valence-corrected chi connectivity index (χ4v) is 0.862. The molecule has 0 spiro atoms. The monoisotopic (exact) mass is 122 g/mol. The van der Waals surface area contributed by atoms with Gasteiger partial charge < -0.3 is 4.90 Å². The molecule has 3 radical (unpaired) electrons. The first-order chi connectivity index (χ1) is 3.84. The fraction of sp³-hybridized carbons (Fsp3) is 0.500. The summed E-state index contributed by atoms with van der Waals surface area (Å²) in [5, 5.41) is 0. The molecule has 47 valence electrons. The number of hydrogen-bond donors (Lipinski definition) is 0. The van der Waals surface area contributed by atoms with E-state index in [0.717, 1.165) is 13.0 Å². The quantitative estimate of drug-likeness (QED) is 0.460. The maximum atomic E-state index is 10.7. The van der Waals surface area contributed by atoms with Gasteiger partial charge in [0.25, 0.3) is 0 Å². The highest BCUT2D eigenvalue weighted by atomic mass is 16.2. The Morgan fingerprint density at radius 1 is 1.67 bits per heavy atom. The molecule has 1 heterocycles. The van der Waals surface area contributed by atoms with Crippen LogP contribution in [0.4, 0.5) is 0 Å². The van der Waals surface area contributed by atoms with Crippen molar-refractivity contribution in [3.8, 4) is 0 Å². The van der Waals surface area contributed by atoms with E-state index < -0.39 is 0 Å². The molecule has 1 aliphatic rings. The normalized spacial score (nSPS) is 17.3. The molecule has 1 amide bonds. The van der Waals surface area contributed by atoms with Crippen LogP contribution >= 0.6 is 0 Å². The van der Waals surface area contributed by atoms with Crippen molar-refractivity contribution in [1.82, 2.24) is 4.90 Å². The molecule has 0 unspecified atom stereocenters. The van der Waals surface area contributed by atoms with Crippen LogP contribution in [0.15, 0.2) is 12.8 Å². The molecule has 3 heteroatoms. The van der Waals surface area contributed by atoms with Gasteiger partial charge in [-0.1, -0.05) is 6.58 Å². The second-order valence-corrected chi connectivity index (χ2v) is 1.87. The van der Waals surface area contributed by atoms with E-state index in [1.54, 1.807) is 11.1 Å². The number of nitrogens with zero attached hydrogens (tertiary/aromatic N) is 1.